The van der Waals surface area contributed by atoms with Crippen molar-refractivity contribution < 1.29 is 17.6 Å². The molecule has 0 aliphatic carbocycles. The van der Waals surface area contributed by atoms with E-state index in [0.717, 1.165) is 0 Å². The topological polar surface area (TPSA) is 67.6 Å². The molecule has 2 aromatic rings. The highest BCUT2D eigenvalue weighted by Gasteiger charge is 2.41. The van der Waals surface area contributed by atoms with Crippen LogP contribution in [0, 0.1) is 0 Å². The van der Waals surface area contributed by atoms with E-state index in [2.05, 4.69) is 0 Å². The van der Waals surface area contributed by atoms with E-state index >= 15 is 0 Å². The van der Waals surface area contributed by atoms with Crippen molar-refractivity contribution in [1.82, 2.24) is 4.90 Å². The Hall–Kier alpha value is -2.34. The standard InChI is InChI=1S/C17H17NO4S/c1-13(19)18-11-5-10-16(17(18)15-9-6-12-22-15)23(20,21)14-7-3-2-4-8-14/h2-10,12,16-17H,11H2,1H3/t16-,17+/m0/s1. The molecule has 1 aromatic heterocycles. The molecular formula is C17H17NO4S. The fourth-order valence-electron chi connectivity index (χ4n) is 2.84. The third-order valence-corrected chi connectivity index (χ3v) is 6.00. The van der Waals surface area contributed by atoms with Gasteiger partial charge in [0.25, 0.3) is 0 Å². The van der Waals surface area contributed by atoms with Gasteiger partial charge in [0.2, 0.25) is 5.91 Å². The van der Waals surface area contributed by atoms with Gasteiger partial charge >= 0.3 is 0 Å². The highest BCUT2D eigenvalue weighted by molar-refractivity contribution is 7.92. The Balaban J connectivity index is 2.10. The summed E-state index contributed by atoms with van der Waals surface area (Å²) in [6, 6.07) is 11.0. The number of hydrogen-bond donors (Lipinski definition) is 0. The highest BCUT2D eigenvalue weighted by atomic mass is 32.2. The first-order chi connectivity index (χ1) is 11.0. The molecule has 0 saturated heterocycles. The van der Waals surface area contributed by atoms with Gasteiger partial charge in [-0.1, -0.05) is 30.4 Å². The summed E-state index contributed by atoms with van der Waals surface area (Å²) in [6.45, 7) is 1.79. The number of hydrogen-bond acceptors (Lipinski definition) is 4. The minimum absolute atomic E-state index is 0.191. The quantitative estimate of drug-likeness (QED) is 0.811. The molecule has 2 atom stereocenters. The van der Waals surface area contributed by atoms with Gasteiger partial charge in [0.15, 0.2) is 9.84 Å². The first-order valence-electron chi connectivity index (χ1n) is 7.28. The Morgan fingerprint density at radius 1 is 1.17 bits per heavy atom. The maximum atomic E-state index is 13.0. The molecule has 0 N–H and O–H groups in total. The number of benzene rings is 1. The molecule has 1 aliphatic rings. The molecule has 0 spiro atoms. The second-order valence-electron chi connectivity index (χ2n) is 5.38. The van der Waals surface area contributed by atoms with E-state index in [-0.39, 0.29) is 10.8 Å². The van der Waals surface area contributed by atoms with Gasteiger partial charge in [0, 0.05) is 13.5 Å². The lowest BCUT2D eigenvalue weighted by molar-refractivity contribution is -0.131. The summed E-state index contributed by atoms with van der Waals surface area (Å²) in [4.78, 5) is 13.7. The Morgan fingerprint density at radius 3 is 2.52 bits per heavy atom. The van der Waals surface area contributed by atoms with Crippen molar-refractivity contribution in [2.75, 3.05) is 6.54 Å². The van der Waals surface area contributed by atoms with Gasteiger partial charge < -0.3 is 9.32 Å². The number of furan rings is 1. The Kier molecular flexibility index (Phi) is 4.09. The van der Waals surface area contributed by atoms with Crippen LogP contribution in [0.4, 0.5) is 0 Å². The van der Waals surface area contributed by atoms with E-state index in [1.165, 1.54) is 18.1 Å². The molecule has 5 nitrogen and oxygen atoms in total. The molecule has 0 radical (unpaired) electrons. The van der Waals surface area contributed by atoms with E-state index in [1.54, 1.807) is 54.6 Å². The van der Waals surface area contributed by atoms with E-state index in [9.17, 15) is 13.2 Å². The molecule has 0 bridgehead atoms. The monoisotopic (exact) mass is 331 g/mol. The molecule has 0 saturated carbocycles. The zero-order valence-electron chi connectivity index (χ0n) is 12.6. The van der Waals surface area contributed by atoms with Crippen LogP contribution >= 0.6 is 0 Å². The third kappa shape index (κ3) is 2.82. The summed E-state index contributed by atoms with van der Waals surface area (Å²) in [5.41, 5.74) is 0. The fourth-order valence-corrected chi connectivity index (χ4v) is 4.63. The first-order valence-corrected chi connectivity index (χ1v) is 8.82. The zero-order chi connectivity index (χ0) is 16.4. The molecule has 1 aromatic carbocycles. The van der Waals surface area contributed by atoms with Crippen molar-refractivity contribution in [3.8, 4) is 0 Å². The second kappa shape index (κ2) is 6.04. The van der Waals surface area contributed by atoms with Crippen molar-refractivity contribution in [2.45, 2.75) is 23.1 Å². The summed E-state index contributed by atoms with van der Waals surface area (Å²) < 4.78 is 31.5. The third-order valence-electron chi connectivity index (χ3n) is 3.94. The molecule has 0 fully saturated rings. The van der Waals surface area contributed by atoms with Crippen LogP contribution in [-0.4, -0.2) is 31.0 Å². The number of nitrogens with zero attached hydrogens (tertiary/aromatic N) is 1. The molecule has 1 aliphatic heterocycles. The molecule has 1 amide bonds. The van der Waals surface area contributed by atoms with Gasteiger partial charge in [0.05, 0.1) is 11.2 Å². The second-order valence-corrected chi connectivity index (χ2v) is 7.49. The summed E-state index contributed by atoms with van der Waals surface area (Å²) in [5, 5.41) is -0.881. The summed E-state index contributed by atoms with van der Waals surface area (Å²) in [5.74, 6) is 0.276. The van der Waals surface area contributed by atoms with Crippen molar-refractivity contribution in [3.05, 3.63) is 66.6 Å². The number of amides is 1. The predicted molar refractivity (Wildman–Crippen MR) is 85.4 cm³/mol. The van der Waals surface area contributed by atoms with E-state index in [0.29, 0.717) is 12.3 Å². The van der Waals surface area contributed by atoms with Crippen LogP contribution in [-0.2, 0) is 14.6 Å². The van der Waals surface area contributed by atoms with Gasteiger partial charge in [-0.05, 0) is 24.3 Å². The lowest BCUT2D eigenvalue weighted by Gasteiger charge is -2.36. The molecular weight excluding hydrogens is 314 g/mol. The fraction of sp³-hybridized carbons (Fsp3) is 0.235. The van der Waals surface area contributed by atoms with Crippen molar-refractivity contribution in [1.29, 1.82) is 0 Å². The van der Waals surface area contributed by atoms with Gasteiger partial charge in [-0.3, -0.25) is 4.79 Å². The summed E-state index contributed by atoms with van der Waals surface area (Å²) >= 11 is 0. The minimum atomic E-state index is -3.64. The molecule has 23 heavy (non-hydrogen) atoms. The highest BCUT2D eigenvalue weighted by Crippen LogP contribution is 2.35. The van der Waals surface area contributed by atoms with Crippen molar-refractivity contribution >= 4 is 15.7 Å². The van der Waals surface area contributed by atoms with E-state index < -0.39 is 21.1 Å². The number of carbonyl (C=O) groups is 1. The predicted octanol–water partition coefficient (Wildman–Crippen LogP) is 2.58. The van der Waals surface area contributed by atoms with Gasteiger partial charge in [-0.15, -0.1) is 0 Å². The largest absolute Gasteiger partial charge is 0.467 e. The Bertz CT molecular complexity index is 810. The van der Waals surface area contributed by atoms with E-state index in [4.69, 9.17) is 4.42 Å². The van der Waals surface area contributed by atoms with Crippen LogP contribution in [0.1, 0.15) is 18.7 Å². The molecule has 0 unspecified atom stereocenters. The van der Waals surface area contributed by atoms with Crippen LogP contribution in [0.5, 0.6) is 0 Å². The van der Waals surface area contributed by atoms with Crippen molar-refractivity contribution in [3.63, 3.8) is 0 Å². The first kappa shape index (κ1) is 15.6. The average Bonchev–Trinajstić information content (AvgIpc) is 3.09. The number of rotatable bonds is 3. The van der Waals surface area contributed by atoms with Crippen LogP contribution < -0.4 is 0 Å². The number of carbonyl (C=O) groups excluding carboxylic acids is 1. The average molecular weight is 331 g/mol. The Labute approximate surface area is 135 Å². The minimum Gasteiger partial charge on any atom is -0.467 e. The lowest BCUT2D eigenvalue weighted by atomic mass is 10.0. The molecule has 6 heteroatoms. The SMILES string of the molecule is CC(=O)N1CC=C[C@H](S(=O)(=O)c2ccccc2)[C@H]1c1ccco1. The van der Waals surface area contributed by atoms with Crippen LogP contribution in [0.15, 0.2) is 70.2 Å². The lowest BCUT2D eigenvalue weighted by Crippen LogP contribution is -2.44. The molecule has 2 heterocycles. The normalized spacial score (nSPS) is 21.3. The summed E-state index contributed by atoms with van der Waals surface area (Å²) in [7, 11) is -3.64. The molecule has 3 rings (SSSR count). The van der Waals surface area contributed by atoms with Crippen LogP contribution in [0.2, 0.25) is 0 Å². The van der Waals surface area contributed by atoms with Gasteiger partial charge in [-0.25, -0.2) is 8.42 Å². The number of sulfone groups is 1. The zero-order valence-corrected chi connectivity index (χ0v) is 13.4. The Morgan fingerprint density at radius 2 is 1.91 bits per heavy atom. The van der Waals surface area contributed by atoms with Crippen LogP contribution in [0.3, 0.4) is 0 Å². The maximum absolute atomic E-state index is 13.0. The molecule has 120 valence electrons. The summed E-state index contributed by atoms with van der Waals surface area (Å²) in [6.07, 6.45) is 4.85. The van der Waals surface area contributed by atoms with Crippen molar-refractivity contribution in [2.24, 2.45) is 0 Å². The smallest absolute Gasteiger partial charge is 0.220 e. The van der Waals surface area contributed by atoms with Crippen LogP contribution in [0.25, 0.3) is 0 Å². The van der Waals surface area contributed by atoms with Gasteiger partial charge in [-0.2, -0.15) is 0 Å². The van der Waals surface area contributed by atoms with Gasteiger partial charge in [0.1, 0.15) is 17.1 Å². The van der Waals surface area contributed by atoms with E-state index in [1.807, 2.05) is 0 Å². The maximum Gasteiger partial charge on any atom is 0.220 e.